The van der Waals surface area contributed by atoms with E-state index < -0.39 is 0 Å². The van der Waals surface area contributed by atoms with Gasteiger partial charge in [-0.2, -0.15) is 24.3 Å². The monoisotopic (exact) mass is 449 g/mol. The van der Waals surface area contributed by atoms with Crippen molar-refractivity contribution in [2.45, 2.75) is 72.5 Å². The zero-order chi connectivity index (χ0) is 19.1. The van der Waals surface area contributed by atoms with Crippen LogP contribution in [0.1, 0.15) is 59.6 Å². The number of rotatable bonds is 1. The number of anilines is 3. The van der Waals surface area contributed by atoms with Gasteiger partial charge in [0.05, 0.1) is 17.5 Å². The second kappa shape index (κ2) is 6.08. The molecule has 0 aromatic heterocycles. The van der Waals surface area contributed by atoms with Gasteiger partial charge in [0.1, 0.15) is 0 Å². The molecular formula is C24H31N2Ru. The first kappa shape index (κ1) is 20.4. The number of benzene rings is 2. The van der Waals surface area contributed by atoms with E-state index >= 15 is 0 Å². The largest absolute Gasteiger partial charge is 1.00 e. The van der Waals surface area contributed by atoms with E-state index in [1.54, 1.807) is 0 Å². The van der Waals surface area contributed by atoms with Crippen molar-refractivity contribution in [3.8, 4) is 0 Å². The van der Waals surface area contributed by atoms with Crippen molar-refractivity contribution < 1.29 is 19.5 Å². The molecule has 2 heterocycles. The van der Waals surface area contributed by atoms with Crippen LogP contribution in [-0.4, -0.2) is 11.7 Å². The van der Waals surface area contributed by atoms with Crippen molar-refractivity contribution in [3.63, 3.8) is 0 Å². The molecule has 145 valence electrons. The third-order valence-electron chi connectivity index (χ3n) is 7.94. The van der Waals surface area contributed by atoms with Crippen molar-refractivity contribution >= 4 is 17.1 Å². The molecule has 0 spiro atoms. The van der Waals surface area contributed by atoms with Crippen molar-refractivity contribution in [1.29, 1.82) is 0 Å². The van der Waals surface area contributed by atoms with Gasteiger partial charge in [-0.1, -0.05) is 52.4 Å². The summed E-state index contributed by atoms with van der Waals surface area (Å²) < 4.78 is 0. The number of para-hydroxylation sites is 1. The molecule has 0 bridgehead atoms. The Balaban J connectivity index is 0.00000210. The fourth-order valence-electron chi connectivity index (χ4n) is 5.23. The molecule has 0 saturated carbocycles. The Morgan fingerprint density at radius 2 is 1.63 bits per heavy atom. The van der Waals surface area contributed by atoms with Gasteiger partial charge in [0.15, 0.2) is 0 Å². The van der Waals surface area contributed by atoms with Gasteiger partial charge in [-0.25, -0.2) is 0 Å². The van der Waals surface area contributed by atoms with Gasteiger partial charge in [-0.3, -0.25) is 0 Å². The van der Waals surface area contributed by atoms with Crippen LogP contribution in [0.4, 0.5) is 17.1 Å². The normalized spacial score (nSPS) is 23.6. The van der Waals surface area contributed by atoms with Crippen molar-refractivity contribution in [3.05, 3.63) is 53.6 Å². The maximum atomic E-state index is 3.29. The third-order valence-corrected chi connectivity index (χ3v) is 7.94. The molecule has 0 fully saturated rings. The van der Waals surface area contributed by atoms with Crippen LogP contribution in [0.15, 0.2) is 36.4 Å². The SMILES string of the molecule is Cc1cc[c-]cc1N1c2cccc3c2N([C@@H]1C)C(C)(C)C(C)(C)C3(C)C.[Ru+]. The molecule has 4 rings (SSSR count). The van der Waals surface area contributed by atoms with E-state index in [0.29, 0.717) is 0 Å². The molecule has 1 radical (unpaired) electrons. The molecule has 27 heavy (non-hydrogen) atoms. The maximum absolute atomic E-state index is 3.29. The van der Waals surface area contributed by atoms with E-state index in [2.05, 4.69) is 102 Å². The molecule has 0 aliphatic carbocycles. The van der Waals surface area contributed by atoms with E-state index in [-0.39, 0.29) is 42.0 Å². The van der Waals surface area contributed by atoms with Crippen molar-refractivity contribution in [1.82, 2.24) is 0 Å². The van der Waals surface area contributed by atoms with E-state index in [0.717, 1.165) is 0 Å². The number of hydrogen-bond acceptors (Lipinski definition) is 2. The molecule has 0 saturated heterocycles. The predicted molar refractivity (Wildman–Crippen MR) is 111 cm³/mol. The topological polar surface area (TPSA) is 6.48 Å². The molecule has 0 amide bonds. The van der Waals surface area contributed by atoms with Crippen molar-refractivity contribution in [2.75, 3.05) is 9.80 Å². The van der Waals surface area contributed by atoms with Gasteiger partial charge >= 0.3 is 19.5 Å². The number of nitrogens with zero attached hydrogens (tertiary/aromatic N) is 2. The van der Waals surface area contributed by atoms with Crippen LogP contribution in [0.3, 0.4) is 0 Å². The van der Waals surface area contributed by atoms with Crippen LogP contribution in [0.5, 0.6) is 0 Å². The Bertz CT molecular complexity index is 882. The Labute approximate surface area is 177 Å². The first-order chi connectivity index (χ1) is 12.0. The summed E-state index contributed by atoms with van der Waals surface area (Å²) in [6, 6.07) is 16.4. The molecule has 2 nitrogen and oxygen atoms in total. The second-order valence-electron chi connectivity index (χ2n) is 9.57. The zero-order valence-electron chi connectivity index (χ0n) is 17.8. The molecule has 2 aromatic rings. The molecule has 0 unspecified atom stereocenters. The fourth-order valence-corrected chi connectivity index (χ4v) is 5.23. The van der Waals surface area contributed by atoms with Crippen LogP contribution in [-0.2, 0) is 24.9 Å². The average Bonchev–Trinajstić information content (AvgIpc) is 2.86. The van der Waals surface area contributed by atoms with Crippen LogP contribution < -0.4 is 9.80 Å². The molecular weight excluding hydrogens is 417 g/mol. The fraction of sp³-hybridized carbons (Fsp3) is 0.500. The molecule has 2 aliphatic rings. The van der Waals surface area contributed by atoms with Gasteiger partial charge in [0, 0.05) is 5.54 Å². The Morgan fingerprint density at radius 1 is 0.963 bits per heavy atom. The molecule has 3 heteroatoms. The van der Waals surface area contributed by atoms with E-state index in [4.69, 9.17) is 0 Å². The van der Waals surface area contributed by atoms with Gasteiger partial charge in [0.2, 0.25) is 0 Å². The van der Waals surface area contributed by atoms with Crippen molar-refractivity contribution in [2.24, 2.45) is 5.41 Å². The first-order valence-corrected chi connectivity index (χ1v) is 9.72. The smallest absolute Gasteiger partial charge is 0.374 e. The number of hydrogen-bond donors (Lipinski definition) is 0. The third kappa shape index (κ3) is 2.33. The van der Waals surface area contributed by atoms with Crippen LogP contribution in [0.25, 0.3) is 0 Å². The Kier molecular flexibility index (Phi) is 4.59. The zero-order valence-corrected chi connectivity index (χ0v) is 19.5. The summed E-state index contributed by atoms with van der Waals surface area (Å²) in [7, 11) is 0. The predicted octanol–water partition coefficient (Wildman–Crippen LogP) is 6.19. The van der Waals surface area contributed by atoms with E-state index in [1.165, 1.54) is 28.2 Å². The summed E-state index contributed by atoms with van der Waals surface area (Å²) in [5, 5.41) is 0. The van der Waals surface area contributed by atoms with Crippen LogP contribution >= 0.6 is 0 Å². The molecule has 2 aromatic carbocycles. The quantitative estimate of drug-likeness (QED) is 0.379. The van der Waals surface area contributed by atoms with Crippen LogP contribution in [0, 0.1) is 18.4 Å². The Morgan fingerprint density at radius 3 is 2.26 bits per heavy atom. The van der Waals surface area contributed by atoms with Gasteiger partial charge in [0.25, 0.3) is 0 Å². The average molecular weight is 449 g/mol. The van der Waals surface area contributed by atoms with Gasteiger partial charge < -0.3 is 9.80 Å². The van der Waals surface area contributed by atoms with Gasteiger partial charge in [-0.15, -0.1) is 5.56 Å². The summed E-state index contributed by atoms with van der Waals surface area (Å²) in [5.74, 6) is 0. The minimum atomic E-state index is 0. The summed E-state index contributed by atoms with van der Waals surface area (Å²) in [5.41, 5.74) is 7.00. The summed E-state index contributed by atoms with van der Waals surface area (Å²) >= 11 is 0. The Hall–Kier alpha value is -1.34. The standard InChI is InChI=1S/C24H31N2.Ru/c1-16-12-9-10-14-19(16)25-17(2)26-21-18(13-11-15-20(21)25)22(3,4)23(5,6)24(26,7)8;/h9,11-15,17H,1-8H3;/q-1;+1/t17-;/m1./s1. The second-order valence-corrected chi connectivity index (χ2v) is 9.57. The summed E-state index contributed by atoms with van der Waals surface area (Å²) in [6.07, 6.45) is 0.269. The van der Waals surface area contributed by atoms with Crippen LogP contribution in [0.2, 0.25) is 0 Å². The number of aryl methyl sites for hydroxylation is 1. The molecule has 0 N–H and O–H groups in total. The maximum Gasteiger partial charge on any atom is 1.00 e. The minimum Gasteiger partial charge on any atom is -0.374 e. The summed E-state index contributed by atoms with van der Waals surface area (Å²) in [4.78, 5) is 5.17. The minimum absolute atomic E-state index is 0. The molecule has 1 atom stereocenters. The molecule has 2 aliphatic heterocycles. The summed E-state index contributed by atoms with van der Waals surface area (Å²) in [6.45, 7) is 19.1. The van der Waals surface area contributed by atoms with E-state index in [1.807, 2.05) is 6.07 Å². The van der Waals surface area contributed by atoms with E-state index in [9.17, 15) is 0 Å². The van der Waals surface area contributed by atoms with Gasteiger partial charge in [-0.05, 0) is 43.2 Å². The first-order valence-electron chi connectivity index (χ1n) is 9.72.